The first-order valence-corrected chi connectivity index (χ1v) is 12.5. The topological polar surface area (TPSA) is 74.6 Å². The highest BCUT2D eigenvalue weighted by Gasteiger charge is 2.45. The number of hydrogen-bond donors (Lipinski definition) is 2. The van der Waals surface area contributed by atoms with Gasteiger partial charge < -0.3 is 10.2 Å². The second kappa shape index (κ2) is 18.9. The molecule has 0 amide bonds. The zero-order chi connectivity index (χ0) is 21.8. The highest BCUT2D eigenvalue weighted by molar-refractivity contribution is 5.98. The SMILES string of the molecule is CCCCCCCCCCCC(CCCCCCCCCCC)(C(=O)O)C(=O)O. The fourth-order valence-corrected chi connectivity index (χ4v) is 4.12. The van der Waals surface area contributed by atoms with Crippen LogP contribution >= 0.6 is 0 Å². The smallest absolute Gasteiger partial charge is 0.321 e. The summed E-state index contributed by atoms with van der Waals surface area (Å²) in [5.41, 5.74) is -1.58. The Hall–Kier alpha value is -1.06. The number of hydrogen-bond acceptors (Lipinski definition) is 2. The largest absolute Gasteiger partial charge is 0.480 e. The van der Waals surface area contributed by atoms with Crippen molar-refractivity contribution < 1.29 is 19.8 Å². The zero-order valence-corrected chi connectivity index (χ0v) is 19.4. The first kappa shape index (κ1) is 27.9. The van der Waals surface area contributed by atoms with E-state index in [-0.39, 0.29) is 12.8 Å². The van der Waals surface area contributed by atoms with Crippen LogP contribution in [0.1, 0.15) is 142 Å². The van der Waals surface area contributed by atoms with Crippen LogP contribution in [0.2, 0.25) is 0 Å². The zero-order valence-electron chi connectivity index (χ0n) is 19.4. The minimum atomic E-state index is -1.58. The van der Waals surface area contributed by atoms with Gasteiger partial charge in [-0.2, -0.15) is 0 Å². The van der Waals surface area contributed by atoms with Crippen LogP contribution in [0.15, 0.2) is 0 Å². The van der Waals surface area contributed by atoms with E-state index >= 15 is 0 Å². The van der Waals surface area contributed by atoms with E-state index in [2.05, 4.69) is 13.8 Å². The van der Waals surface area contributed by atoms with Crippen molar-refractivity contribution in [3.8, 4) is 0 Å². The van der Waals surface area contributed by atoms with Gasteiger partial charge in [-0.25, -0.2) is 0 Å². The van der Waals surface area contributed by atoms with Crippen molar-refractivity contribution in [2.75, 3.05) is 0 Å². The van der Waals surface area contributed by atoms with E-state index in [0.717, 1.165) is 25.7 Å². The molecule has 0 aliphatic heterocycles. The van der Waals surface area contributed by atoms with E-state index in [1.54, 1.807) is 0 Å². The Morgan fingerprint density at radius 2 is 0.724 bits per heavy atom. The van der Waals surface area contributed by atoms with Gasteiger partial charge in [-0.3, -0.25) is 9.59 Å². The molecular weight excluding hydrogens is 364 g/mol. The lowest BCUT2D eigenvalue weighted by atomic mass is 9.78. The molecule has 4 nitrogen and oxygen atoms in total. The molecule has 0 saturated heterocycles. The summed E-state index contributed by atoms with van der Waals surface area (Å²) < 4.78 is 0. The molecule has 0 aromatic heterocycles. The van der Waals surface area contributed by atoms with E-state index < -0.39 is 17.4 Å². The molecule has 0 aromatic rings. The third kappa shape index (κ3) is 13.7. The van der Waals surface area contributed by atoms with Crippen molar-refractivity contribution in [2.24, 2.45) is 5.41 Å². The van der Waals surface area contributed by atoms with Crippen molar-refractivity contribution in [3.05, 3.63) is 0 Å². The molecule has 0 aliphatic carbocycles. The first-order valence-electron chi connectivity index (χ1n) is 12.5. The molecular formula is C25H48O4. The lowest BCUT2D eigenvalue weighted by Crippen LogP contribution is -2.39. The average Bonchev–Trinajstić information content (AvgIpc) is 2.69. The molecule has 0 unspecified atom stereocenters. The van der Waals surface area contributed by atoms with E-state index in [4.69, 9.17) is 0 Å². The van der Waals surface area contributed by atoms with Gasteiger partial charge in [-0.15, -0.1) is 0 Å². The molecule has 0 fully saturated rings. The van der Waals surface area contributed by atoms with Crippen LogP contribution in [0.5, 0.6) is 0 Å². The molecule has 0 heterocycles. The molecule has 0 aromatic carbocycles. The normalized spacial score (nSPS) is 11.7. The number of unbranched alkanes of at least 4 members (excludes halogenated alkanes) is 16. The van der Waals surface area contributed by atoms with E-state index in [1.807, 2.05) is 0 Å². The number of carboxylic acids is 2. The summed E-state index contributed by atoms with van der Waals surface area (Å²) >= 11 is 0. The summed E-state index contributed by atoms with van der Waals surface area (Å²) in [6, 6.07) is 0. The Morgan fingerprint density at radius 3 is 0.966 bits per heavy atom. The van der Waals surface area contributed by atoms with Crippen molar-refractivity contribution in [1.29, 1.82) is 0 Å². The highest BCUT2D eigenvalue weighted by Crippen LogP contribution is 2.33. The molecule has 0 atom stereocenters. The predicted molar refractivity (Wildman–Crippen MR) is 121 cm³/mol. The molecule has 0 spiro atoms. The third-order valence-electron chi connectivity index (χ3n) is 6.23. The Morgan fingerprint density at radius 1 is 0.483 bits per heavy atom. The van der Waals surface area contributed by atoms with E-state index in [9.17, 15) is 19.8 Å². The van der Waals surface area contributed by atoms with Crippen molar-refractivity contribution in [3.63, 3.8) is 0 Å². The number of aliphatic carboxylic acids is 2. The molecule has 29 heavy (non-hydrogen) atoms. The van der Waals surface area contributed by atoms with Crippen LogP contribution in [0.3, 0.4) is 0 Å². The van der Waals surface area contributed by atoms with Crippen LogP contribution in [0.4, 0.5) is 0 Å². The van der Waals surface area contributed by atoms with Crippen molar-refractivity contribution in [1.82, 2.24) is 0 Å². The molecule has 4 heteroatoms. The Balaban J connectivity index is 4.07. The van der Waals surface area contributed by atoms with Gasteiger partial charge in [0.15, 0.2) is 5.41 Å². The van der Waals surface area contributed by atoms with Crippen LogP contribution in [-0.2, 0) is 9.59 Å². The standard InChI is InChI=1S/C25H48O4/c1-3-5-7-9-11-13-15-17-19-21-25(23(26)27,24(28)29)22-20-18-16-14-12-10-8-6-4-2/h3-22H2,1-2H3,(H,26,27)(H,28,29). The van der Waals surface area contributed by atoms with Crippen LogP contribution in [0, 0.1) is 5.41 Å². The van der Waals surface area contributed by atoms with Gasteiger partial charge in [-0.05, 0) is 12.8 Å². The molecule has 0 aliphatic rings. The highest BCUT2D eigenvalue weighted by atomic mass is 16.4. The summed E-state index contributed by atoms with van der Waals surface area (Å²) in [5, 5.41) is 19.3. The van der Waals surface area contributed by atoms with Gasteiger partial charge in [0.05, 0.1) is 0 Å². The summed E-state index contributed by atoms with van der Waals surface area (Å²) in [6.45, 7) is 4.43. The fourth-order valence-electron chi connectivity index (χ4n) is 4.12. The molecule has 0 bridgehead atoms. The summed E-state index contributed by atoms with van der Waals surface area (Å²) in [5.74, 6) is -2.30. The molecule has 0 saturated carbocycles. The average molecular weight is 413 g/mol. The number of rotatable bonds is 22. The lowest BCUT2D eigenvalue weighted by Gasteiger charge is -2.25. The minimum absolute atomic E-state index is 0.268. The molecule has 2 N–H and O–H groups in total. The lowest BCUT2D eigenvalue weighted by molar-refractivity contribution is -0.166. The summed E-state index contributed by atoms with van der Waals surface area (Å²) in [7, 11) is 0. The monoisotopic (exact) mass is 412 g/mol. The van der Waals surface area contributed by atoms with Crippen LogP contribution in [0.25, 0.3) is 0 Å². The fraction of sp³-hybridized carbons (Fsp3) is 0.920. The van der Waals surface area contributed by atoms with E-state index in [0.29, 0.717) is 12.8 Å². The van der Waals surface area contributed by atoms with Gasteiger partial charge in [0.2, 0.25) is 0 Å². The predicted octanol–water partition coefficient (Wildman–Crippen LogP) is 7.98. The number of carbonyl (C=O) groups is 2. The quantitative estimate of drug-likeness (QED) is 0.140. The summed E-state index contributed by atoms with van der Waals surface area (Å²) in [6.07, 6.45) is 21.1. The Kier molecular flexibility index (Phi) is 18.2. The maximum absolute atomic E-state index is 11.8. The number of carboxylic acid groups (broad SMARTS) is 2. The van der Waals surface area contributed by atoms with Gasteiger partial charge in [0, 0.05) is 0 Å². The van der Waals surface area contributed by atoms with Gasteiger partial charge in [0.1, 0.15) is 0 Å². The van der Waals surface area contributed by atoms with Crippen LogP contribution < -0.4 is 0 Å². The van der Waals surface area contributed by atoms with Gasteiger partial charge in [-0.1, -0.05) is 129 Å². The first-order chi connectivity index (χ1) is 14.0. The second-order valence-corrected chi connectivity index (χ2v) is 8.85. The van der Waals surface area contributed by atoms with Crippen LogP contribution in [-0.4, -0.2) is 22.2 Å². The minimum Gasteiger partial charge on any atom is -0.480 e. The second-order valence-electron chi connectivity index (χ2n) is 8.85. The Labute approximate surface area is 179 Å². The summed E-state index contributed by atoms with van der Waals surface area (Å²) in [4.78, 5) is 23.6. The van der Waals surface area contributed by atoms with Crippen molar-refractivity contribution >= 4 is 11.9 Å². The molecule has 0 radical (unpaired) electrons. The molecule has 172 valence electrons. The van der Waals surface area contributed by atoms with Gasteiger partial charge >= 0.3 is 11.9 Å². The Bertz CT molecular complexity index is 368. The van der Waals surface area contributed by atoms with Crippen molar-refractivity contribution in [2.45, 2.75) is 142 Å². The van der Waals surface area contributed by atoms with Gasteiger partial charge in [0.25, 0.3) is 0 Å². The third-order valence-corrected chi connectivity index (χ3v) is 6.23. The molecule has 0 rings (SSSR count). The van der Waals surface area contributed by atoms with E-state index in [1.165, 1.54) is 77.0 Å². The maximum atomic E-state index is 11.8. The maximum Gasteiger partial charge on any atom is 0.321 e.